The van der Waals surface area contributed by atoms with E-state index in [1.165, 1.54) is 21.9 Å². The number of rotatable bonds is 5. The summed E-state index contributed by atoms with van der Waals surface area (Å²) in [5, 5.41) is -1.17. The average molecular weight is 507 g/mol. The number of aryl methyl sites for hydroxylation is 1. The summed E-state index contributed by atoms with van der Waals surface area (Å²) in [5.74, 6) is -1.19. The molecule has 0 aliphatic carbocycles. The lowest BCUT2D eigenvalue weighted by Crippen LogP contribution is -2.46. The van der Waals surface area contributed by atoms with Crippen molar-refractivity contribution in [2.24, 2.45) is 0 Å². The SMILES string of the molecule is Cc1cn(-c2ccc3n(c2=O)CCN(CCOc2ccc(F)c4nc(C(F)(F)F)sc24)C3=O)cn1. The Kier molecular flexibility index (Phi) is 5.58. The van der Waals surface area contributed by atoms with E-state index in [-0.39, 0.29) is 53.9 Å². The van der Waals surface area contributed by atoms with Crippen LogP contribution in [0.1, 0.15) is 21.2 Å². The van der Waals surface area contributed by atoms with Gasteiger partial charge in [-0.25, -0.2) is 14.4 Å². The van der Waals surface area contributed by atoms with Crippen molar-refractivity contribution < 1.29 is 27.1 Å². The zero-order valence-corrected chi connectivity index (χ0v) is 19.0. The highest BCUT2D eigenvalue weighted by Crippen LogP contribution is 2.39. The van der Waals surface area contributed by atoms with Crippen LogP contribution < -0.4 is 10.3 Å². The summed E-state index contributed by atoms with van der Waals surface area (Å²) in [7, 11) is 0. The van der Waals surface area contributed by atoms with Crippen molar-refractivity contribution >= 4 is 27.5 Å². The minimum Gasteiger partial charge on any atom is -0.490 e. The molecule has 13 heteroatoms. The number of hydrogen-bond donors (Lipinski definition) is 0. The van der Waals surface area contributed by atoms with E-state index in [1.54, 1.807) is 29.8 Å². The van der Waals surface area contributed by atoms with Gasteiger partial charge in [0.15, 0.2) is 10.8 Å². The molecular formula is C22H17F4N5O3S. The number of alkyl halides is 3. The molecule has 1 amide bonds. The Hall–Kier alpha value is -3.74. The molecule has 4 heterocycles. The number of halogens is 4. The number of carbonyl (C=O) groups is 1. The van der Waals surface area contributed by atoms with Crippen molar-refractivity contribution in [1.82, 2.24) is 24.0 Å². The predicted octanol–water partition coefficient (Wildman–Crippen LogP) is 3.64. The third-order valence-corrected chi connectivity index (χ3v) is 6.68. The van der Waals surface area contributed by atoms with Gasteiger partial charge in [0.05, 0.1) is 23.3 Å². The van der Waals surface area contributed by atoms with Crippen LogP contribution in [0.3, 0.4) is 0 Å². The van der Waals surface area contributed by atoms with Crippen LogP contribution in [0, 0.1) is 12.7 Å². The van der Waals surface area contributed by atoms with Gasteiger partial charge in [-0.05, 0) is 31.2 Å². The standard InChI is InChI=1S/C22H17F4N5O3S/c1-12-10-30(11-27-12)14-3-4-15-19(32)29(6-7-31(15)20(14)33)8-9-34-16-5-2-13(23)17-18(16)35-21(28-17)22(24,25)26/h2-5,10-11H,6-9H2,1H3. The molecule has 0 spiro atoms. The second-order valence-corrected chi connectivity index (χ2v) is 8.86. The number of aromatic nitrogens is 4. The smallest absolute Gasteiger partial charge is 0.443 e. The van der Waals surface area contributed by atoms with Crippen LogP contribution in [0.2, 0.25) is 0 Å². The number of pyridine rings is 1. The van der Waals surface area contributed by atoms with Gasteiger partial charge in [0.2, 0.25) is 0 Å². The first-order valence-corrected chi connectivity index (χ1v) is 11.3. The summed E-state index contributed by atoms with van der Waals surface area (Å²) in [6.07, 6.45) is -1.46. The molecule has 5 rings (SSSR count). The quantitative estimate of drug-likeness (QED) is 0.386. The van der Waals surface area contributed by atoms with E-state index in [2.05, 4.69) is 9.97 Å². The average Bonchev–Trinajstić information content (AvgIpc) is 3.45. The summed E-state index contributed by atoms with van der Waals surface area (Å²) in [4.78, 5) is 34.8. The first-order chi connectivity index (χ1) is 16.6. The molecule has 8 nitrogen and oxygen atoms in total. The molecule has 182 valence electrons. The van der Waals surface area contributed by atoms with Gasteiger partial charge < -0.3 is 18.8 Å². The number of hydrogen-bond acceptors (Lipinski definition) is 6. The lowest BCUT2D eigenvalue weighted by molar-refractivity contribution is -0.137. The minimum absolute atomic E-state index is 0.0393. The van der Waals surface area contributed by atoms with Crippen LogP contribution in [0.15, 0.2) is 41.6 Å². The molecule has 0 saturated heterocycles. The van der Waals surface area contributed by atoms with Gasteiger partial charge in [0.25, 0.3) is 11.5 Å². The molecule has 0 atom stereocenters. The molecule has 0 saturated carbocycles. The normalized spacial score (nSPS) is 14.0. The van der Waals surface area contributed by atoms with Gasteiger partial charge in [0.1, 0.15) is 29.3 Å². The van der Waals surface area contributed by atoms with Crippen LogP contribution in [-0.2, 0) is 12.7 Å². The highest BCUT2D eigenvalue weighted by atomic mass is 32.1. The van der Waals surface area contributed by atoms with Crippen molar-refractivity contribution in [1.29, 1.82) is 0 Å². The van der Waals surface area contributed by atoms with Crippen LogP contribution in [0.25, 0.3) is 15.9 Å². The van der Waals surface area contributed by atoms with E-state index < -0.39 is 22.5 Å². The molecular weight excluding hydrogens is 490 g/mol. The van der Waals surface area contributed by atoms with E-state index in [0.717, 1.165) is 11.8 Å². The Balaban J connectivity index is 1.31. The summed E-state index contributed by atoms with van der Waals surface area (Å²) in [6.45, 7) is 2.41. The number of benzene rings is 1. The number of thiazole rings is 1. The zero-order chi connectivity index (χ0) is 24.9. The molecule has 0 fully saturated rings. The topological polar surface area (TPSA) is 82.3 Å². The lowest BCUT2D eigenvalue weighted by atomic mass is 10.2. The van der Waals surface area contributed by atoms with E-state index in [4.69, 9.17) is 4.74 Å². The van der Waals surface area contributed by atoms with Crippen LogP contribution in [-0.4, -0.2) is 49.6 Å². The number of imidazole rings is 1. The number of fused-ring (bicyclic) bond motifs is 2. The van der Waals surface area contributed by atoms with Crippen molar-refractivity contribution in [3.05, 3.63) is 69.4 Å². The Labute approximate surface area is 199 Å². The summed E-state index contributed by atoms with van der Waals surface area (Å²) >= 11 is 0.299. The third kappa shape index (κ3) is 4.16. The van der Waals surface area contributed by atoms with Gasteiger partial charge in [-0.3, -0.25) is 9.59 Å². The number of amides is 1. The maximum Gasteiger partial charge on any atom is 0.443 e. The zero-order valence-electron chi connectivity index (χ0n) is 18.2. The van der Waals surface area contributed by atoms with Crippen molar-refractivity contribution in [2.45, 2.75) is 19.6 Å². The fourth-order valence-corrected chi connectivity index (χ4v) is 4.79. The molecule has 4 aromatic rings. The van der Waals surface area contributed by atoms with E-state index in [1.807, 2.05) is 0 Å². The lowest BCUT2D eigenvalue weighted by Gasteiger charge is -2.29. The summed E-state index contributed by atoms with van der Waals surface area (Å²) < 4.78 is 61.6. The molecule has 35 heavy (non-hydrogen) atoms. The Morgan fingerprint density at radius 1 is 1.14 bits per heavy atom. The molecule has 1 aromatic carbocycles. The Morgan fingerprint density at radius 2 is 1.94 bits per heavy atom. The first-order valence-electron chi connectivity index (χ1n) is 10.5. The molecule has 3 aromatic heterocycles. The number of nitrogens with zero attached hydrogens (tertiary/aromatic N) is 5. The van der Waals surface area contributed by atoms with E-state index in [9.17, 15) is 27.2 Å². The third-order valence-electron chi connectivity index (χ3n) is 5.56. The van der Waals surface area contributed by atoms with Crippen molar-refractivity contribution in [2.75, 3.05) is 19.7 Å². The molecule has 0 bridgehead atoms. The Morgan fingerprint density at radius 3 is 2.66 bits per heavy atom. The second kappa shape index (κ2) is 8.48. The summed E-state index contributed by atoms with van der Waals surface area (Å²) in [5.41, 5.74) is 0.626. The van der Waals surface area contributed by atoms with Crippen LogP contribution in [0.4, 0.5) is 17.6 Å². The second-order valence-electron chi connectivity index (χ2n) is 7.86. The fourth-order valence-electron chi connectivity index (χ4n) is 3.88. The number of carbonyl (C=O) groups excluding carboxylic acids is 1. The molecule has 1 aliphatic heterocycles. The van der Waals surface area contributed by atoms with Gasteiger partial charge in [-0.2, -0.15) is 13.2 Å². The fraction of sp³-hybridized carbons (Fsp3) is 0.273. The highest BCUT2D eigenvalue weighted by Gasteiger charge is 2.36. The Bertz CT molecular complexity index is 1510. The maximum absolute atomic E-state index is 14.0. The van der Waals surface area contributed by atoms with Gasteiger partial charge in [-0.1, -0.05) is 0 Å². The van der Waals surface area contributed by atoms with E-state index in [0.29, 0.717) is 17.0 Å². The molecule has 0 unspecified atom stereocenters. The first kappa shape index (κ1) is 23.0. The molecule has 0 radical (unpaired) electrons. The number of ether oxygens (including phenoxy) is 1. The summed E-state index contributed by atoms with van der Waals surface area (Å²) in [6, 6.07) is 5.36. The maximum atomic E-state index is 14.0. The van der Waals surface area contributed by atoms with Crippen LogP contribution >= 0.6 is 11.3 Å². The minimum atomic E-state index is -4.70. The molecule has 1 aliphatic rings. The van der Waals surface area contributed by atoms with Crippen LogP contribution in [0.5, 0.6) is 5.75 Å². The molecule has 0 N–H and O–H groups in total. The van der Waals surface area contributed by atoms with Gasteiger partial charge in [0, 0.05) is 19.3 Å². The monoisotopic (exact) mass is 507 g/mol. The highest BCUT2D eigenvalue weighted by molar-refractivity contribution is 7.19. The van der Waals surface area contributed by atoms with Crippen molar-refractivity contribution in [3.63, 3.8) is 0 Å². The van der Waals surface area contributed by atoms with E-state index >= 15 is 0 Å². The predicted molar refractivity (Wildman–Crippen MR) is 119 cm³/mol. The largest absolute Gasteiger partial charge is 0.490 e. The van der Waals surface area contributed by atoms with Gasteiger partial charge in [-0.15, -0.1) is 11.3 Å². The van der Waals surface area contributed by atoms with Crippen molar-refractivity contribution in [3.8, 4) is 11.4 Å². The van der Waals surface area contributed by atoms with Gasteiger partial charge >= 0.3 is 6.18 Å².